The number of hydrogen-bond donors (Lipinski definition) is 1. The van der Waals surface area contributed by atoms with Gasteiger partial charge in [0.25, 0.3) is 5.91 Å². The Morgan fingerprint density at radius 1 is 1.07 bits per heavy atom. The second kappa shape index (κ2) is 9.95. The number of sulfonamides is 1. The standard InChI is InChI=1S/C22H28N2O5S/c1-17-9-10-20(21(13-17)28-2)29-16-22(25)23-15-18-7-6-8-19(14-18)30(26,27)24-11-4-3-5-12-24/h6-10,13-14H,3-5,11-12,15-16H2,1-2H3,(H,23,25). The highest BCUT2D eigenvalue weighted by Crippen LogP contribution is 2.27. The third-order valence-corrected chi connectivity index (χ3v) is 6.91. The van der Waals surface area contributed by atoms with Crippen molar-refractivity contribution in [3.05, 3.63) is 53.6 Å². The van der Waals surface area contributed by atoms with Crippen LogP contribution in [-0.2, 0) is 21.4 Å². The largest absolute Gasteiger partial charge is 0.493 e. The number of amides is 1. The number of piperidine rings is 1. The van der Waals surface area contributed by atoms with Gasteiger partial charge in [-0.15, -0.1) is 0 Å². The molecule has 1 heterocycles. The Morgan fingerprint density at radius 2 is 1.83 bits per heavy atom. The zero-order valence-corrected chi connectivity index (χ0v) is 18.2. The fraction of sp³-hybridized carbons (Fsp3) is 0.409. The molecule has 0 saturated carbocycles. The quantitative estimate of drug-likeness (QED) is 0.693. The molecule has 2 aromatic carbocycles. The van der Waals surface area contributed by atoms with Gasteiger partial charge >= 0.3 is 0 Å². The molecule has 0 bridgehead atoms. The molecule has 7 nitrogen and oxygen atoms in total. The summed E-state index contributed by atoms with van der Waals surface area (Å²) in [4.78, 5) is 12.4. The van der Waals surface area contributed by atoms with Crippen molar-refractivity contribution in [1.82, 2.24) is 9.62 Å². The van der Waals surface area contributed by atoms with E-state index in [1.165, 1.54) is 4.31 Å². The summed E-state index contributed by atoms with van der Waals surface area (Å²) in [5, 5.41) is 2.76. The van der Waals surface area contributed by atoms with E-state index in [9.17, 15) is 13.2 Å². The van der Waals surface area contributed by atoms with Crippen molar-refractivity contribution in [2.24, 2.45) is 0 Å². The van der Waals surface area contributed by atoms with E-state index in [2.05, 4.69) is 5.32 Å². The molecule has 0 atom stereocenters. The molecule has 3 rings (SSSR count). The number of carbonyl (C=O) groups excluding carboxylic acids is 1. The first kappa shape index (κ1) is 22.1. The van der Waals surface area contributed by atoms with Crippen LogP contribution in [0.5, 0.6) is 11.5 Å². The third-order valence-electron chi connectivity index (χ3n) is 5.02. The van der Waals surface area contributed by atoms with Crippen molar-refractivity contribution in [2.45, 2.75) is 37.6 Å². The number of methoxy groups -OCH3 is 1. The van der Waals surface area contributed by atoms with E-state index in [1.807, 2.05) is 19.1 Å². The van der Waals surface area contributed by atoms with Crippen LogP contribution in [0.4, 0.5) is 0 Å². The molecule has 0 unspecified atom stereocenters. The van der Waals surface area contributed by atoms with Crippen LogP contribution in [-0.4, -0.2) is 45.4 Å². The van der Waals surface area contributed by atoms with E-state index in [0.29, 0.717) is 30.2 Å². The fourth-order valence-corrected chi connectivity index (χ4v) is 4.95. The first-order valence-electron chi connectivity index (χ1n) is 10.0. The van der Waals surface area contributed by atoms with Crippen LogP contribution in [0.25, 0.3) is 0 Å². The van der Waals surface area contributed by atoms with Crippen molar-refractivity contribution in [3.63, 3.8) is 0 Å². The number of hydrogen-bond acceptors (Lipinski definition) is 5. The number of rotatable bonds is 8. The molecule has 2 aromatic rings. The third kappa shape index (κ3) is 5.52. The maximum atomic E-state index is 12.8. The molecular weight excluding hydrogens is 404 g/mol. The Bertz CT molecular complexity index is 985. The van der Waals surface area contributed by atoms with Gasteiger partial charge in [-0.1, -0.05) is 24.6 Å². The summed E-state index contributed by atoms with van der Waals surface area (Å²) in [5.41, 5.74) is 1.75. The highest BCUT2D eigenvalue weighted by atomic mass is 32.2. The number of nitrogens with zero attached hydrogens (tertiary/aromatic N) is 1. The topological polar surface area (TPSA) is 84.9 Å². The minimum atomic E-state index is -3.50. The Kier molecular flexibility index (Phi) is 7.33. The molecular formula is C22H28N2O5S. The van der Waals surface area contributed by atoms with Crippen LogP contribution in [0.3, 0.4) is 0 Å². The average Bonchev–Trinajstić information content (AvgIpc) is 2.77. The molecule has 0 aliphatic carbocycles. The van der Waals surface area contributed by atoms with Crippen molar-refractivity contribution in [2.75, 3.05) is 26.8 Å². The Hall–Kier alpha value is -2.58. The Balaban J connectivity index is 1.57. The van der Waals surface area contributed by atoms with E-state index < -0.39 is 10.0 Å². The number of benzene rings is 2. The van der Waals surface area contributed by atoms with Gasteiger partial charge in [-0.2, -0.15) is 4.31 Å². The summed E-state index contributed by atoms with van der Waals surface area (Å²) in [5.74, 6) is 0.758. The Morgan fingerprint density at radius 3 is 2.57 bits per heavy atom. The number of aryl methyl sites for hydroxylation is 1. The first-order chi connectivity index (χ1) is 14.4. The second-order valence-electron chi connectivity index (χ2n) is 7.33. The van der Waals surface area contributed by atoms with Gasteiger partial charge in [-0.25, -0.2) is 8.42 Å². The van der Waals surface area contributed by atoms with Crippen molar-refractivity contribution in [1.29, 1.82) is 0 Å². The van der Waals surface area contributed by atoms with Gasteiger partial charge in [0.2, 0.25) is 10.0 Å². The fourth-order valence-electron chi connectivity index (χ4n) is 3.36. The normalized spacial score (nSPS) is 14.9. The van der Waals surface area contributed by atoms with Crippen molar-refractivity contribution >= 4 is 15.9 Å². The van der Waals surface area contributed by atoms with Crippen LogP contribution in [0.2, 0.25) is 0 Å². The average molecular weight is 433 g/mol. The van der Waals surface area contributed by atoms with Crippen LogP contribution < -0.4 is 14.8 Å². The van der Waals surface area contributed by atoms with E-state index in [4.69, 9.17) is 9.47 Å². The summed E-state index contributed by atoms with van der Waals surface area (Å²) >= 11 is 0. The molecule has 1 aliphatic heterocycles. The molecule has 0 radical (unpaired) electrons. The molecule has 8 heteroatoms. The predicted octanol–water partition coefficient (Wildman–Crippen LogP) is 2.87. The number of nitrogens with one attached hydrogen (secondary N) is 1. The van der Waals surface area contributed by atoms with E-state index in [1.54, 1.807) is 37.4 Å². The molecule has 1 fully saturated rings. The monoisotopic (exact) mass is 432 g/mol. The van der Waals surface area contributed by atoms with Crippen LogP contribution in [0, 0.1) is 6.92 Å². The van der Waals surface area contributed by atoms with Gasteiger partial charge in [0.1, 0.15) is 0 Å². The van der Waals surface area contributed by atoms with Crippen LogP contribution in [0.15, 0.2) is 47.4 Å². The highest BCUT2D eigenvalue weighted by Gasteiger charge is 2.25. The molecule has 0 aromatic heterocycles. The maximum absolute atomic E-state index is 12.8. The lowest BCUT2D eigenvalue weighted by Crippen LogP contribution is -2.35. The minimum Gasteiger partial charge on any atom is -0.493 e. The molecule has 1 saturated heterocycles. The lowest BCUT2D eigenvalue weighted by molar-refractivity contribution is -0.123. The van der Waals surface area contributed by atoms with Crippen LogP contribution >= 0.6 is 0 Å². The number of carbonyl (C=O) groups is 1. The van der Waals surface area contributed by atoms with Crippen molar-refractivity contribution < 1.29 is 22.7 Å². The maximum Gasteiger partial charge on any atom is 0.258 e. The molecule has 1 aliphatic rings. The second-order valence-corrected chi connectivity index (χ2v) is 9.27. The lowest BCUT2D eigenvalue weighted by Gasteiger charge is -2.26. The summed E-state index contributed by atoms with van der Waals surface area (Å²) in [6.07, 6.45) is 2.84. The lowest BCUT2D eigenvalue weighted by atomic mass is 10.2. The van der Waals surface area contributed by atoms with Gasteiger partial charge in [0.05, 0.1) is 12.0 Å². The molecule has 1 N–H and O–H groups in total. The summed E-state index contributed by atoms with van der Waals surface area (Å²) in [7, 11) is -1.95. The van der Waals surface area contributed by atoms with E-state index in [-0.39, 0.29) is 24.0 Å². The molecule has 1 amide bonds. The minimum absolute atomic E-state index is 0.162. The van der Waals surface area contributed by atoms with Gasteiger partial charge < -0.3 is 14.8 Å². The van der Waals surface area contributed by atoms with Gasteiger partial charge in [-0.05, 0) is 55.2 Å². The summed E-state index contributed by atoms with van der Waals surface area (Å²) < 4.78 is 38.0. The molecule has 162 valence electrons. The zero-order valence-electron chi connectivity index (χ0n) is 17.4. The Labute approximate surface area is 178 Å². The van der Waals surface area contributed by atoms with Crippen LogP contribution in [0.1, 0.15) is 30.4 Å². The summed E-state index contributed by atoms with van der Waals surface area (Å²) in [6.45, 7) is 3.12. The first-order valence-corrected chi connectivity index (χ1v) is 11.5. The highest BCUT2D eigenvalue weighted by molar-refractivity contribution is 7.89. The van der Waals surface area contributed by atoms with Gasteiger partial charge in [-0.3, -0.25) is 4.79 Å². The van der Waals surface area contributed by atoms with Gasteiger partial charge in [0, 0.05) is 19.6 Å². The zero-order chi connectivity index (χ0) is 21.6. The SMILES string of the molecule is COc1cc(C)ccc1OCC(=O)NCc1cccc(S(=O)(=O)N2CCCCC2)c1. The van der Waals surface area contributed by atoms with E-state index >= 15 is 0 Å². The predicted molar refractivity (Wildman–Crippen MR) is 114 cm³/mol. The van der Waals surface area contributed by atoms with E-state index in [0.717, 1.165) is 24.8 Å². The molecule has 0 spiro atoms. The smallest absolute Gasteiger partial charge is 0.258 e. The number of ether oxygens (including phenoxy) is 2. The molecule has 30 heavy (non-hydrogen) atoms. The van der Waals surface area contributed by atoms with Gasteiger partial charge in [0.15, 0.2) is 18.1 Å². The van der Waals surface area contributed by atoms with Crippen molar-refractivity contribution in [3.8, 4) is 11.5 Å². The summed E-state index contributed by atoms with van der Waals surface area (Å²) in [6, 6.07) is 12.2.